The molecule has 21 heavy (non-hydrogen) atoms. The van der Waals surface area contributed by atoms with Crippen LogP contribution in [0.15, 0.2) is 53.0 Å². The van der Waals surface area contributed by atoms with E-state index in [9.17, 15) is 9.59 Å². The Bertz CT molecular complexity index is 653. The number of benzene rings is 2. The van der Waals surface area contributed by atoms with Crippen LogP contribution in [0, 0.1) is 0 Å². The van der Waals surface area contributed by atoms with E-state index >= 15 is 0 Å². The van der Waals surface area contributed by atoms with Crippen LogP contribution < -0.4 is 5.32 Å². The highest BCUT2D eigenvalue weighted by Gasteiger charge is 2.06. The number of halogens is 1. The third kappa shape index (κ3) is 4.72. The SMILES string of the molecule is O=C(CCc1ccc(Br)cc1)Nc1cccc(C(=O)O)c1. The molecule has 1 amide bonds. The van der Waals surface area contributed by atoms with E-state index in [0.29, 0.717) is 18.5 Å². The second kappa shape index (κ2) is 7.04. The number of carboxylic acids is 1. The van der Waals surface area contributed by atoms with Crippen LogP contribution in [0.1, 0.15) is 22.3 Å². The average molecular weight is 348 g/mol. The van der Waals surface area contributed by atoms with Crippen molar-refractivity contribution in [1.82, 2.24) is 0 Å². The third-order valence-electron chi connectivity index (χ3n) is 2.95. The molecule has 4 nitrogen and oxygen atoms in total. The number of anilines is 1. The maximum atomic E-state index is 11.9. The van der Waals surface area contributed by atoms with Gasteiger partial charge in [0.2, 0.25) is 5.91 Å². The largest absolute Gasteiger partial charge is 0.478 e. The zero-order valence-electron chi connectivity index (χ0n) is 11.2. The number of hydrogen-bond acceptors (Lipinski definition) is 2. The average Bonchev–Trinajstić information content (AvgIpc) is 2.47. The van der Waals surface area contributed by atoms with Crippen molar-refractivity contribution in [2.24, 2.45) is 0 Å². The fraction of sp³-hybridized carbons (Fsp3) is 0.125. The smallest absolute Gasteiger partial charge is 0.335 e. The van der Waals surface area contributed by atoms with Crippen LogP contribution in [0.4, 0.5) is 5.69 Å². The van der Waals surface area contributed by atoms with Gasteiger partial charge in [-0.1, -0.05) is 34.1 Å². The van der Waals surface area contributed by atoms with Crippen molar-refractivity contribution < 1.29 is 14.7 Å². The molecule has 108 valence electrons. The summed E-state index contributed by atoms with van der Waals surface area (Å²) in [5, 5.41) is 11.6. The van der Waals surface area contributed by atoms with Crippen LogP contribution in [0.25, 0.3) is 0 Å². The number of hydrogen-bond donors (Lipinski definition) is 2. The summed E-state index contributed by atoms with van der Waals surface area (Å²) >= 11 is 3.36. The molecule has 0 atom stereocenters. The minimum atomic E-state index is -1.01. The van der Waals surface area contributed by atoms with E-state index in [-0.39, 0.29) is 11.5 Å². The Labute approximate surface area is 130 Å². The summed E-state index contributed by atoms with van der Waals surface area (Å²) in [5.74, 6) is -1.15. The molecule has 0 radical (unpaired) electrons. The quantitative estimate of drug-likeness (QED) is 0.866. The molecule has 0 aliphatic rings. The Morgan fingerprint density at radius 2 is 1.81 bits per heavy atom. The predicted octanol–water partition coefficient (Wildman–Crippen LogP) is 3.72. The third-order valence-corrected chi connectivity index (χ3v) is 3.48. The summed E-state index contributed by atoms with van der Waals surface area (Å²) < 4.78 is 1.00. The lowest BCUT2D eigenvalue weighted by atomic mass is 10.1. The summed E-state index contributed by atoms with van der Waals surface area (Å²) in [6.07, 6.45) is 0.983. The maximum absolute atomic E-state index is 11.9. The van der Waals surface area contributed by atoms with Crippen molar-refractivity contribution in [3.63, 3.8) is 0 Å². The molecule has 0 fully saturated rings. The summed E-state index contributed by atoms with van der Waals surface area (Å²) in [6.45, 7) is 0. The number of carbonyl (C=O) groups is 2. The van der Waals surface area contributed by atoms with Crippen molar-refractivity contribution in [1.29, 1.82) is 0 Å². The van der Waals surface area contributed by atoms with Gasteiger partial charge in [-0.05, 0) is 42.3 Å². The van der Waals surface area contributed by atoms with Gasteiger partial charge < -0.3 is 10.4 Å². The Hall–Kier alpha value is -2.14. The zero-order valence-corrected chi connectivity index (χ0v) is 12.8. The number of amides is 1. The van der Waals surface area contributed by atoms with E-state index in [0.717, 1.165) is 10.0 Å². The van der Waals surface area contributed by atoms with Crippen molar-refractivity contribution in [2.75, 3.05) is 5.32 Å². The number of rotatable bonds is 5. The van der Waals surface area contributed by atoms with Crippen molar-refractivity contribution in [2.45, 2.75) is 12.8 Å². The van der Waals surface area contributed by atoms with Crippen molar-refractivity contribution in [3.05, 3.63) is 64.1 Å². The number of aryl methyl sites for hydroxylation is 1. The molecular weight excluding hydrogens is 334 g/mol. The molecular formula is C16H14BrNO3. The molecule has 0 aliphatic heterocycles. The molecule has 0 aliphatic carbocycles. The lowest BCUT2D eigenvalue weighted by molar-refractivity contribution is -0.116. The fourth-order valence-electron chi connectivity index (χ4n) is 1.86. The molecule has 0 spiro atoms. The fourth-order valence-corrected chi connectivity index (χ4v) is 2.13. The summed E-state index contributed by atoms with van der Waals surface area (Å²) in [4.78, 5) is 22.7. The molecule has 2 aromatic rings. The summed E-state index contributed by atoms with van der Waals surface area (Å²) in [5.41, 5.74) is 1.73. The van der Waals surface area contributed by atoms with Crippen LogP contribution in [-0.4, -0.2) is 17.0 Å². The highest BCUT2D eigenvalue weighted by Crippen LogP contribution is 2.14. The van der Waals surface area contributed by atoms with Crippen LogP contribution in [0.3, 0.4) is 0 Å². The van der Waals surface area contributed by atoms with Gasteiger partial charge in [0.15, 0.2) is 0 Å². The number of aromatic carboxylic acids is 1. The van der Waals surface area contributed by atoms with Gasteiger partial charge >= 0.3 is 5.97 Å². The number of carbonyl (C=O) groups excluding carboxylic acids is 1. The first-order valence-corrected chi connectivity index (χ1v) is 7.21. The summed E-state index contributed by atoms with van der Waals surface area (Å²) in [6, 6.07) is 14.0. The Balaban J connectivity index is 1.91. The van der Waals surface area contributed by atoms with E-state index in [2.05, 4.69) is 21.2 Å². The molecule has 2 aromatic carbocycles. The van der Waals surface area contributed by atoms with Crippen LogP contribution in [0.2, 0.25) is 0 Å². The van der Waals surface area contributed by atoms with Gasteiger partial charge in [-0.2, -0.15) is 0 Å². The van der Waals surface area contributed by atoms with Crippen LogP contribution in [-0.2, 0) is 11.2 Å². The maximum Gasteiger partial charge on any atom is 0.335 e. The molecule has 0 aromatic heterocycles. The molecule has 0 heterocycles. The second-order valence-electron chi connectivity index (χ2n) is 4.56. The van der Waals surface area contributed by atoms with Gasteiger partial charge in [0.25, 0.3) is 0 Å². The molecule has 0 unspecified atom stereocenters. The van der Waals surface area contributed by atoms with E-state index in [4.69, 9.17) is 5.11 Å². The molecule has 2 N–H and O–H groups in total. The standard InChI is InChI=1S/C16H14BrNO3/c17-13-7-4-11(5-8-13)6-9-15(19)18-14-3-1-2-12(10-14)16(20)21/h1-5,7-8,10H,6,9H2,(H,18,19)(H,20,21). The first-order chi connectivity index (χ1) is 10.0. The first kappa shape index (κ1) is 15.3. The Morgan fingerprint density at radius 3 is 2.48 bits per heavy atom. The van der Waals surface area contributed by atoms with E-state index in [1.54, 1.807) is 12.1 Å². The van der Waals surface area contributed by atoms with E-state index in [1.807, 2.05) is 24.3 Å². The highest BCUT2D eigenvalue weighted by molar-refractivity contribution is 9.10. The van der Waals surface area contributed by atoms with Crippen molar-refractivity contribution >= 4 is 33.5 Å². The van der Waals surface area contributed by atoms with Gasteiger partial charge in [-0.15, -0.1) is 0 Å². The molecule has 0 saturated carbocycles. The molecule has 2 rings (SSSR count). The zero-order chi connectivity index (χ0) is 15.2. The monoisotopic (exact) mass is 347 g/mol. The van der Waals surface area contributed by atoms with Gasteiger partial charge in [-0.3, -0.25) is 4.79 Å². The van der Waals surface area contributed by atoms with Gasteiger partial charge in [0.05, 0.1) is 5.56 Å². The predicted molar refractivity (Wildman–Crippen MR) is 84.5 cm³/mol. The minimum Gasteiger partial charge on any atom is -0.478 e. The van der Waals surface area contributed by atoms with Gasteiger partial charge in [0, 0.05) is 16.6 Å². The van der Waals surface area contributed by atoms with Crippen LogP contribution in [0.5, 0.6) is 0 Å². The summed E-state index contributed by atoms with van der Waals surface area (Å²) in [7, 11) is 0. The van der Waals surface area contributed by atoms with Crippen molar-refractivity contribution in [3.8, 4) is 0 Å². The Kier molecular flexibility index (Phi) is 5.11. The molecule has 0 saturated heterocycles. The van der Waals surface area contributed by atoms with Crippen LogP contribution >= 0.6 is 15.9 Å². The lowest BCUT2D eigenvalue weighted by Crippen LogP contribution is -2.12. The highest BCUT2D eigenvalue weighted by atomic mass is 79.9. The van der Waals surface area contributed by atoms with E-state index in [1.165, 1.54) is 12.1 Å². The minimum absolute atomic E-state index is 0.138. The number of carboxylic acid groups (broad SMARTS) is 1. The van der Waals surface area contributed by atoms with Gasteiger partial charge in [-0.25, -0.2) is 4.79 Å². The van der Waals surface area contributed by atoms with E-state index < -0.39 is 5.97 Å². The first-order valence-electron chi connectivity index (χ1n) is 6.42. The topological polar surface area (TPSA) is 66.4 Å². The second-order valence-corrected chi connectivity index (χ2v) is 5.48. The lowest BCUT2D eigenvalue weighted by Gasteiger charge is -2.06. The molecule has 0 bridgehead atoms. The molecule has 5 heteroatoms. The van der Waals surface area contributed by atoms with Gasteiger partial charge in [0.1, 0.15) is 0 Å². The Morgan fingerprint density at radius 1 is 1.10 bits per heavy atom. The normalized spacial score (nSPS) is 10.1. The number of nitrogens with one attached hydrogen (secondary N) is 1.